The van der Waals surface area contributed by atoms with E-state index in [0.29, 0.717) is 11.8 Å². The highest BCUT2D eigenvalue weighted by Gasteiger charge is 2.23. The van der Waals surface area contributed by atoms with E-state index in [0.717, 1.165) is 0 Å². The van der Waals surface area contributed by atoms with Crippen LogP contribution in [0.2, 0.25) is 0 Å². The third-order valence-corrected chi connectivity index (χ3v) is 3.06. The van der Waals surface area contributed by atoms with Crippen LogP contribution in [0.5, 0.6) is 0 Å². The molecule has 0 unspecified atom stereocenters. The largest absolute Gasteiger partial charge is 0.202 e. The van der Waals surface area contributed by atoms with Gasteiger partial charge in [-0.2, -0.15) is 0 Å². The van der Waals surface area contributed by atoms with E-state index in [-0.39, 0.29) is 0 Å². The van der Waals surface area contributed by atoms with Crippen LogP contribution in [0.15, 0.2) is 6.07 Å². The maximum atomic E-state index is 2.39. The van der Waals surface area contributed by atoms with Crippen LogP contribution in [0.25, 0.3) is 0 Å². The van der Waals surface area contributed by atoms with Crippen LogP contribution in [-0.2, 0) is 7.05 Å². The molecule has 1 heteroatoms. The van der Waals surface area contributed by atoms with Gasteiger partial charge < -0.3 is 0 Å². The van der Waals surface area contributed by atoms with Gasteiger partial charge in [-0.25, -0.2) is 4.57 Å². The maximum absolute atomic E-state index is 2.39. The topological polar surface area (TPSA) is 3.88 Å². The molecule has 0 bridgehead atoms. The van der Waals surface area contributed by atoms with E-state index >= 15 is 0 Å². The van der Waals surface area contributed by atoms with Gasteiger partial charge in [-0.3, -0.25) is 0 Å². The number of nitrogens with zero attached hydrogens (tertiary/aromatic N) is 1. The highest BCUT2D eigenvalue weighted by Crippen LogP contribution is 2.21. The van der Waals surface area contributed by atoms with E-state index < -0.39 is 0 Å². The fourth-order valence-electron chi connectivity index (χ4n) is 2.82. The molecule has 0 aromatic carbocycles. The van der Waals surface area contributed by atoms with Crippen molar-refractivity contribution in [2.24, 2.45) is 7.05 Å². The summed E-state index contributed by atoms with van der Waals surface area (Å²) in [6, 6.07) is 2.32. The van der Waals surface area contributed by atoms with Gasteiger partial charge in [0.05, 0.1) is 0 Å². The van der Waals surface area contributed by atoms with Crippen LogP contribution in [0.4, 0.5) is 0 Å². The highest BCUT2D eigenvalue weighted by molar-refractivity contribution is 5.26. The summed E-state index contributed by atoms with van der Waals surface area (Å²) in [5, 5.41) is 0. The zero-order chi connectivity index (χ0) is 11.7. The molecule has 0 N–H and O–H groups in total. The Labute approximate surface area is 94.1 Å². The second-order valence-corrected chi connectivity index (χ2v) is 5.15. The minimum absolute atomic E-state index is 0.591. The molecule has 0 aliphatic carbocycles. The Kier molecular flexibility index (Phi) is 3.54. The number of aryl methyl sites for hydroxylation is 2. The molecule has 84 valence electrons. The molecule has 0 amide bonds. The first-order chi connectivity index (χ1) is 6.86. The lowest BCUT2D eigenvalue weighted by molar-refractivity contribution is -0.689. The molecule has 0 saturated carbocycles. The van der Waals surface area contributed by atoms with Crippen LogP contribution >= 0.6 is 0 Å². The molecule has 1 heterocycles. The molecule has 1 nitrogen and oxygen atoms in total. The van der Waals surface area contributed by atoms with Gasteiger partial charge in [0, 0.05) is 23.0 Å². The van der Waals surface area contributed by atoms with Crippen molar-refractivity contribution in [3.63, 3.8) is 0 Å². The van der Waals surface area contributed by atoms with Gasteiger partial charge >= 0.3 is 0 Å². The SMILES string of the molecule is Cc1cc(C)c(C(C)C)[n+](C)c1C(C)C. The molecular weight excluding hydrogens is 182 g/mol. The predicted octanol–water partition coefficient (Wildman–Crippen LogP) is 3.37. The van der Waals surface area contributed by atoms with Gasteiger partial charge in [0.1, 0.15) is 7.05 Å². The average Bonchev–Trinajstić information content (AvgIpc) is 1.99. The van der Waals surface area contributed by atoms with Crippen LogP contribution in [0.3, 0.4) is 0 Å². The van der Waals surface area contributed by atoms with Gasteiger partial charge in [-0.05, 0) is 19.9 Å². The molecule has 0 atom stereocenters. The van der Waals surface area contributed by atoms with Gasteiger partial charge in [0.2, 0.25) is 0 Å². The fraction of sp³-hybridized carbons (Fsp3) is 0.643. The lowest BCUT2D eigenvalue weighted by Gasteiger charge is -2.14. The molecule has 0 radical (unpaired) electrons. The summed E-state index contributed by atoms with van der Waals surface area (Å²) in [6.07, 6.45) is 0. The first kappa shape index (κ1) is 12.2. The number of aromatic nitrogens is 1. The molecule has 0 spiro atoms. The summed E-state index contributed by atoms with van der Waals surface area (Å²) in [5.74, 6) is 1.18. The van der Waals surface area contributed by atoms with Crippen LogP contribution in [0.1, 0.15) is 62.0 Å². The van der Waals surface area contributed by atoms with Gasteiger partial charge in [-0.15, -0.1) is 0 Å². The number of hydrogen-bond donors (Lipinski definition) is 0. The smallest absolute Gasteiger partial charge is 0.186 e. The normalized spacial score (nSPS) is 11.5. The standard InChI is InChI=1S/C14H24N/c1-9(2)13-11(5)8-12(6)14(10(3)4)15(13)7/h8-10H,1-7H3/q+1. The Morgan fingerprint density at radius 3 is 1.47 bits per heavy atom. The molecule has 1 rings (SSSR count). The predicted molar refractivity (Wildman–Crippen MR) is 65.3 cm³/mol. The van der Waals surface area contributed by atoms with E-state index in [9.17, 15) is 0 Å². The summed E-state index contributed by atoms with van der Waals surface area (Å²) in [7, 11) is 2.20. The second kappa shape index (κ2) is 4.34. The fourth-order valence-corrected chi connectivity index (χ4v) is 2.82. The van der Waals surface area contributed by atoms with Crippen LogP contribution in [-0.4, -0.2) is 0 Å². The van der Waals surface area contributed by atoms with Gasteiger partial charge in [0.15, 0.2) is 11.4 Å². The summed E-state index contributed by atoms with van der Waals surface area (Å²) in [4.78, 5) is 0. The molecule has 0 fully saturated rings. The van der Waals surface area contributed by atoms with E-state index in [2.05, 4.69) is 59.2 Å². The molecular formula is C14H24N+. The van der Waals surface area contributed by atoms with Crippen molar-refractivity contribution in [2.45, 2.75) is 53.4 Å². The maximum Gasteiger partial charge on any atom is 0.186 e. The number of hydrogen-bond acceptors (Lipinski definition) is 0. The molecule has 0 aliphatic heterocycles. The molecule has 1 aromatic heterocycles. The first-order valence-electron chi connectivity index (χ1n) is 5.86. The van der Waals surface area contributed by atoms with Crippen molar-refractivity contribution in [2.75, 3.05) is 0 Å². The molecule has 0 saturated heterocycles. The quantitative estimate of drug-likeness (QED) is 0.653. The first-order valence-corrected chi connectivity index (χ1v) is 5.86. The van der Waals surface area contributed by atoms with E-state index in [1.54, 1.807) is 0 Å². The minimum Gasteiger partial charge on any atom is -0.202 e. The van der Waals surface area contributed by atoms with Crippen molar-refractivity contribution in [3.8, 4) is 0 Å². The zero-order valence-electron chi connectivity index (χ0n) is 11.2. The third-order valence-electron chi connectivity index (χ3n) is 3.06. The molecule has 15 heavy (non-hydrogen) atoms. The van der Waals surface area contributed by atoms with Crippen molar-refractivity contribution in [1.29, 1.82) is 0 Å². The second-order valence-electron chi connectivity index (χ2n) is 5.15. The molecule has 1 aromatic rings. The van der Waals surface area contributed by atoms with Gasteiger partial charge in [0.25, 0.3) is 0 Å². The summed E-state index contributed by atoms with van der Waals surface area (Å²) < 4.78 is 2.39. The Morgan fingerprint density at radius 2 is 1.20 bits per heavy atom. The Bertz CT molecular complexity index is 330. The number of rotatable bonds is 2. The number of pyridine rings is 1. The van der Waals surface area contributed by atoms with Gasteiger partial charge in [-0.1, -0.05) is 27.7 Å². The summed E-state index contributed by atoms with van der Waals surface area (Å²) in [5.41, 5.74) is 5.75. The minimum atomic E-state index is 0.591. The Balaban J connectivity index is 3.49. The van der Waals surface area contributed by atoms with E-state index in [1.807, 2.05) is 0 Å². The lowest BCUT2D eigenvalue weighted by atomic mass is 9.97. The monoisotopic (exact) mass is 206 g/mol. The lowest BCUT2D eigenvalue weighted by Crippen LogP contribution is -2.41. The highest BCUT2D eigenvalue weighted by atomic mass is 15.0. The Morgan fingerprint density at radius 1 is 0.867 bits per heavy atom. The molecule has 0 aliphatic rings. The summed E-state index contributed by atoms with van der Waals surface area (Å²) >= 11 is 0. The van der Waals surface area contributed by atoms with Crippen LogP contribution < -0.4 is 4.57 Å². The van der Waals surface area contributed by atoms with Crippen molar-refractivity contribution in [3.05, 3.63) is 28.6 Å². The van der Waals surface area contributed by atoms with Crippen LogP contribution in [0, 0.1) is 13.8 Å². The van der Waals surface area contributed by atoms with Crippen molar-refractivity contribution >= 4 is 0 Å². The van der Waals surface area contributed by atoms with E-state index in [4.69, 9.17) is 0 Å². The van der Waals surface area contributed by atoms with E-state index in [1.165, 1.54) is 22.5 Å². The summed E-state index contributed by atoms with van der Waals surface area (Å²) in [6.45, 7) is 13.5. The van der Waals surface area contributed by atoms with Crippen molar-refractivity contribution in [1.82, 2.24) is 0 Å². The average molecular weight is 206 g/mol. The third kappa shape index (κ3) is 2.22. The zero-order valence-corrected chi connectivity index (χ0v) is 11.2. The van der Waals surface area contributed by atoms with Crippen molar-refractivity contribution < 1.29 is 4.57 Å². The Hall–Kier alpha value is -0.850.